The van der Waals surface area contributed by atoms with Crippen molar-refractivity contribution < 1.29 is 9.47 Å². The molecule has 1 saturated carbocycles. The van der Waals surface area contributed by atoms with Gasteiger partial charge in [0.15, 0.2) is 5.82 Å². The number of nitrogens with zero attached hydrogens (tertiary/aromatic N) is 2. The summed E-state index contributed by atoms with van der Waals surface area (Å²) >= 11 is 0. The zero-order valence-corrected chi connectivity index (χ0v) is 12.3. The summed E-state index contributed by atoms with van der Waals surface area (Å²) in [6.07, 6.45) is 4.14. The average molecular weight is 280 g/mol. The van der Waals surface area contributed by atoms with E-state index in [1.807, 2.05) is 0 Å². The van der Waals surface area contributed by atoms with Crippen LogP contribution < -0.4 is 15.8 Å². The maximum atomic E-state index is 6.08. The third-order valence-electron chi connectivity index (χ3n) is 3.13. The zero-order valence-electron chi connectivity index (χ0n) is 12.3. The fourth-order valence-electron chi connectivity index (χ4n) is 1.86. The van der Waals surface area contributed by atoms with Gasteiger partial charge in [-0.15, -0.1) is 0 Å². The topological polar surface area (TPSA) is 82.3 Å². The largest absolute Gasteiger partial charge is 0.476 e. The maximum absolute atomic E-state index is 6.08. The van der Waals surface area contributed by atoms with Gasteiger partial charge in [0, 0.05) is 26.2 Å². The standard InChI is InChI=1S/C14H24N4O2/c1-3-8-20-14-11(15)13(16-7-4-9-19-2)17-12(18-14)10-5-6-10/h10H,3-9,15H2,1-2H3,(H,16,17,18). The van der Waals surface area contributed by atoms with Crippen molar-refractivity contribution in [2.75, 3.05) is 37.9 Å². The first-order valence-corrected chi connectivity index (χ1v) is 7.29. The van der Waals surface area contributed by atoms with Gasteiger partial charge in [0.05, 0.1) is 6.61 Å². The quantitative estimate of drug-likeness (QED) is 0.675. The number of anilines is 2. The number of nitrogens with one attached hydrogen (secondary N) is 1. The molecule has 1 aliphatic rings. The molecule has 0 amide bonds. The third-order valence-corrected chi connectivity index (χ3v) is 3.13. The normalized spacial score (nSPS) is 14.3. The van der Waals surface area contributed by atoms with Gasteiger partial charge in [-0.2, -0.15) is 4.98 Å². The van der Waals surface area contributed by atoms with E-state index in [1.165, 1.54) is 0 Å². The van der Waals surface area contributed by atoms with Crippen LogP contribution in [0.2, 0.25) is 0 Å². The molecule has 0 radical (unpaired) electrons. The summed E-state index contributed by atoms with van der Waals surface area (Å²) in [6.45, 7) is 4.16. The highest BCUT2D eigenvalue weighted by molar-refractivity contribution is 5.67. The number of nitrogen functional groups attached to an aromatic ring is 1. The van der Waals surface area contributed by atoms with Gasteiger partial charge in [0.2, 0.25) is 5.88 Å². The summed E-state index contributed by atoms with van der Waals surface area (Å²) in [6, 6.07) is 0. The number of nitrogens with two attached hydrogens (primary N) is 1. The summed E-state index contributed by atoms with van der Waals surface area (Å²) in [4.78, 5) is 8.99. The van der Waals surface area contributed by atoms with Crippen LogP contribution >= 0.6 is 0 Å². The highest BCUT2D eigenvalue weighted by atomic mass is 16.5. The summed E-state index contributed by atoms with van der Waals surface area (Å²) in [5.74, 6) is 2.51. The Hall–Kier alpha value is -1.56. The van der Waals surface area contributed by atoms with Crippen LogP contribution in [0.5, 0.6) is 5.88 Å². The van der Waals surface area contributed by atoms with Gasteiger partial charge < -0.3 is 20.5 Å². The molecule has 112 valence electrons. The van der Waals surface area contributed by atoms with Crippen molar-refractivity contribution in [2.24, 2.45) is 0 Å². The second kappa shape index (κ2) is 7.28. The van der Waals surface area contributed by atoms with Gasteiger partial charge in [-0.3, -0.25) is 0 Å². The molecule has 0 aliphatic heterocycles. The molecule has 0 spiro atoms. The number of rotatable bonds is 9. The van der Waals surface area contributed by atoms with Crippen molar-refractivity contribution >= 4 is 11.5 Å². The summed E-state index contributed by atoms with van der Waals surface area (Å²) in [7, 11) is 1.70. The Labute approximate surface area is 120 Å². The first kappa shape index (κ1) is 14.8. The number of hydrogen-bond donors (Lipinski definition) is 2. The lowest BCUT2D eigenvalue weighted by Gasteiger charge is -2.13. The van der Waals surface area contributed by atoms with E-state index in [9.17, 15) is 0 Å². The highest BCUT2D eigenvalue weighted by Gasteiger charge is 2.28. The Morgan fingerprint density at radius 1 is 1.30 bits per heavy atom. The van der Waals surface area contributed by atoms with Crippen LogP contribution in [0.3, 0.4) is 0 Å². The predicted molar refractivity (Wildman–Crippen MR) is 79.2 cm³/mol. The van der Waals surface area contributed by atoms with Gasteiger partial charge >= 0.3 is 0 Å². The first-order chi connectivity index (χ1) is 9.76. The van der Waals surface area contributed by atoms with Crippen molar-refractivity contribution in [1.29, 1.82) is 0 Å². The third kappa shape index (κ3) is 3.96. The van der Waals surface area contributed by atoms with E-state index in [0.29, 0.717) is 36.5 Å². The molecule has 3 N–H and O–H groups in total. The molecule has 0 atom stereocenters. The Kier molecular flexibility index (Phi) is 5.40. The van der Waals surface area contributed by atoms with Crippen LogP contribution in [0.1, 0.15) is 44.3 Å². The number of methoxy groups -OCH3 is 1. The van der Waals surface area contributed by atoms with Crippen molar-refractivity contribution in [2.45, 2.75) is 38.5 Å². The second-order valence-corrected chi connectivity index (χ2v) is 5.05. The summed E-state index contributed by atoms with van der Waals surface area (Å²) in [5.41, 5.74) is 6.58. The Morgan fingerprint density at radius 3 is 2.75 bits per heavy atom. The van der Waals surface area contributed by atoms with Crippen LogP contribution in [0.4, 0.5) is 11.5 Å². The molecule has 2 rings (SSSR count). The number of aromatic nitrogens is 2. The monoisotopic (exact) mass is 280 g/mol. The summed E-state index contributed by atoms with van der Waals surface area (Å²) in [5, 5.41) is 3.25. The molecule has 1 fully saturated rings. The van der Waals surface area contributed by atoms with Crippen LogP contribution in [-0.4, -0.2) is 36.8 Å². The minimum atomic E-state index is 0.471. The fraction of sp³-hybridized carbons (Fsp3) is 0.714. The molecule has 6 nitrogen and oxygen atoms in total. The molecule has 1 aromatic heterocycles. The molecule has 0 saturated heterocycles. The molecule has 0 aromatic carbocycles. The Morgan fingerprint density at radius 2 is 2.10 bits per heavy atom. The van der Waals surface area contributed by atoms with E-state index in [2.05, 4.69) is 22.2 Å². The molecular weight excluding hydrogens is 256 g/mol. The lowest BCUT2D eigenvalue weighted by Crippen LogP contribution is -2.12. The minimum absolute atomic E-state index is 0.471. The molecule has 20 heavy (non-hydrogen) atoms. The van der Waals surface area contributed by atoms with E-state index in [-0.39, 0.29) is 0 Å². The van der Waals surface area contributed by atoms with Gasteiger partial charge in [-0.1, -0.05) is 6.92 Å². The van der Waals surface area contributed by atoms with Gasteiger partial charge in [-0.05, 0) is 25.7 Å². The van der Waals surface area contributed by atoms with Crippen LogP contribution in [0, 0.1) is 0 Å². The van der Waals surface area contributed by atoms with Crippen molar-refractivity contribution in [1.82, 2.24) is 9.97 Å². The Balaban J connectivity index is 2.08. The van der Waals surface area contributed by atoms with E-state index in [4.69, 9.17) is 15.2 Å². The lowest BCUT2D eigenvalue weighted by atomic mass is 10.3. The summed E-state index contributed by atoms with van der Waals surface area (Å²) < 4.78 is 10.7. The molecule has 6 heteroatoms. The minimum Gasteiger partial charge on any atom is -0.476 e. The van der Waals surface area contributed by atoms with Crippen molar-refractivity contribution in [3.05, 3.63) is 5.82 Å². The van der Waals surface area contributed by atoms with E-state index >= 15 is 0 Å². The van der Waals surface area contributed by atoms with Crippen LogP contribution in [0.15, 0.2) is 0 Å². The molecule has 0 bridgehead atoms. The van der Waals surface area contributed by atoms with Crippen LogP contribution in [0.25, 0.3) is 0 Å². The molecule has 1 heterocycles. The van der Waals surface area contributed by atoms with E-state index < -0.39 is 0 Å². The molecular formula is C14H24N4O2. The van der Waals surface area contributed by atoms with Crippen molar-refractivity contribution in [3.8, 4) is 5.88 Å². The highest BCUT2D eigenvalue weighted by Crippen LogP contribution is 2.40. The van der Waals surface area contributed by atoms with E-state index in [0.717, 1.165) is 38.1 Å². The molecule has 1 aliphatic carbocycles. The molecule has 1 aromatic rings. The van der Waals surface area contributed by atoms with Crippen molar-refractivity contribution in [3.63, 3.8) is 0 Å². The number of ether oxygens (including phenoxy) is 2. The van der Waals surface area contributed by atoms with Gasteiger partial charge in [0.25, 0.3) is 0 Å². The zero-order chi connectivity index (χ0) is 14.4. The fourth-order valence-corrected chi connectivity index (χ4v) is 1.86. The predicted octanol–water partition coefficient (Wildman–Crippen LogP) is 2.17. The first-order valence-electron chi connectivity index (χ1n) is 7.29. The lowest BCUT2D eigenvalue weighted by molar-refractivity contribution is 0.197. The smallest absolute Gasteiger partial charge is 0.242 e. The van der Waals surface area contributed by atoms with Gasteiger partial charge in [-0.25, -0.2) is 4.98 Å². The average Bonchev–Trinajstić information content (AvgIpc) is 3.28. The van der Waals surface area contributed by atoms with Crippen LogP contribution in [-0.2, 0) is 4.74 Å². The Bertz CT molecular complexity index is 435. The SMILES string of the molecule is CCCOc1nc(C2CC2)nc(NCCCOC)c1N. The second-order valence-electron chi connectivity index (χ2n) is 5.05. The molecule has 0 unspecified atom stereocenters. The number of hydrogen-bond acceptors (Lipinski definition) is 6. The van der Waals surface area contributed by atoms with Gasteiger partial charge in [0.1, 0.15) is 11.5 Å². The maximum Gasteiger partial charge on any atom is 0.242 e. The van der Waals surface area contributed by atoms with E-state index in [1.54, 1.807) is 7.11 Å².